The Kier molecular flexibility index (Phi) is 3.82. The predicted octanol–water partition coefficient (Wildman–Crippen LogP) is 4.20. The van der Waals surface area contributed by atoms with Crippen LogP contribution in [0.1, 0.15) is 20.8 Å². The number of methoxy groups -OCH3 is 1. The van der Waals surface area contributed by atoms with Gasteiger partial charge in [0, 0.05) is 16.0 Å². The van der Waals surface area contributed by atoms with Crippen molar-refractivity contribution in [2.24, 2.45) is 0 Å². The molecular weight excluding hydrogens is 319 g/mol. The van der Waals surface area contributed by atoms with Crippen molar-refractivity contribution in [3.63, 3.8) is 0 Å². The largest absolute Gasteiger partial charge is 0.494 e. The van der Waals surface area contributed by atoms with Crippen LogP contribution in [0.4, 0.5) is 4.39 Å². The van der Waals surface area contributed by atoms with E-state index in [1.807, 2.05) is 6.92 Å². The number of carbonyl (C=O) groups is 1. The summed E-state index contributed by atoms with van der Waals surface area (Å²) in [7, 11) is 1.37. The lowest BCUT2D eigenvalue weighted by Gasteiger charge is -2.05. The molecule has 5 heteroatoms. The number of hydrogen-bond acceptors (Lipinski definition) is 3. The van der Waals surface area contributed by atoms with Gasteiger partial charge in [0.25, 0.3) is 0 Å². The van der Waals surface area contributed by atoms with Crippen molar-refractivity contribution < 1.29 is 13.9 Å². The zero-order valence-corrected chi connectivity index (χ0v) is 12.2. The van der Waals surface area contributed by atoms with Crippen LogP contribution in [-0.2, 0) is 0 Å². The Hall–Kier alpha value is -1.20. The van der Waals surface area contributed by atoms with Gasteiger partial charge in [0.05, 0.1) is 10.9 Å². The fourth-order valence-corrected chi connectivity index (χ4v) is 3.32. The van der Waals surface area contributed by atoms with Crippen LogP contribution in [0, 0.1) is 12.7 Å². The number of ketones is 1. The lowest BCUT2D eigenvalue weighted by atomic mass is 10.0. The second kappa shape index (κ2) is 5.20. The molecule has 0 saturated carbocycles. The Bertz CT molecular complexity index is 607. The Labute approximate surface area is 117 Å². The van der Waals surface area contributed by atoms with Gasteiger partial charge in [-0.15, -0.1) is 11.3 Å². The summed E-state index contributed by atoms with van der Waals surface area (Å²) in [4.78, 5) is 13.2. The first kappa shape index (κ1) is 13.2. The van der Waals surface area contributed by atoms with Gasteiger partial charge in [-0.25, -0.2) is 4.39 Å². The average Bonchev–Trinajstić information content (AvgIpc) is 2.68. The molecule has 0 bridgehead atoms. The van der Waals surface area contributed by atoms with Crippen molar-refractivity contribution in [3.05, 3.63) is 49.9 Å². The molecule has 0 atom stereocenters. The molecule has 0 amide bonds. The fraction of sp³-hybridized carbons (Fsp3) is 0.154. The minimum Gasteiger partial charge on any atom is -0.494 e. The molecule has 1 aromatic heterocycles. The zero-order chi connectivity index (χ0) is 13.3. The van der Waals surface area contributed by atoms with Crippen molar-refractivity contribution in [2.75, 3.05) is 7.11 Å². The SMILES string of the molecule is COc1cc(C(=O)c2cc(Br)sc2C)ccc1F. The molecule has 2 aromatic rings. The number of aryl methyl sites for hydroxylation is 1. The number of rotatable bonds is 3. The van der Waals surface area contributed by atoms with Crippen LogP contribution >= 0.6 is 27.3 Å². The number of thiophene rings is 1. The normalized spacial score (nSPS) is 10.4. The summed E-state index contributed by atoms with van der Waals surface area (Å²) in [5, 5.41) is 0. The quantitative estimate of drug-likeness (QED) is 0.789. The molecule has 0 unspecified atom stereocenters. The lowest BCUT2D eigenvalue weighted by molar-refractivity contribution is 0.103. The average molecular weight is 329 g/mol. The van der Waals surface area contributed by atoms with Crippen LogP contribution in [0.25, 0.3) is 0 Å². The number of hydrogen-bond donors (Lipinski definition) is 0. The first-order chi connectivity index (χ1) is 8.52. The van der Waals surface area contributed by atoms with Gasteiger partial charge >= 0.3 is 0 Å². The summed E-state index contributed by atoms with van der Waals surface area (Å²) >= 11 is 4.84. The molecule has 0 aliphatic carbocycles. The molecule has 1 aromatic carbocycles. The van der Waals surface area contributed by atoms with Crippen molar-refractivity contribution in [2.45, 2.75) is 6.92 Å². The highest BCUT2D eigenvalue weighted by atomic mass is 79.9. The van der Waals surface area contributed by atoms with E-state index in [9.17, 15) is 9.18 Å². The first-order valence-electron chi connectivity index (χ1n) is 5.17. The van der Waals surface area contributed by atoms with E-state index in [1.54, 1.807) is 6.07 Å². The van der Waals surface area contributed by atoms with Gasteiger partial charge in [0.15, 0.2) is 17.3 Å². The van der Waals surface area contributed by atoms with Crippen LogP contribution in [0.3, 0.4) is 0 Å². The van der Waals surface area contributed by atoms with Crippen LogP contribution in [0.2, 0.25) is 0 Å². The molecule has 0 radical (unpaired) electrons. The third-order valence-electron chi connectivity index (χ3n) is 2.55. The van der Waals surface area contributed by atoms with Gasteiger partial charge in [0.1, 0.15) is 0 Å². The molecule has 94 valence electrons. The third-order valence-corrected chi connectivity index (χ3v) is 4.10. The fourth-order valence-electron chi connectivity index (χ4n) is 1.63. The second-order valence-electron chi connectivity index (χ2n) is 3.70. The summed E-state index contributed by atoms with van der Waals surface area (Å²) in [5.41, 5.74) is 1.04. The molecule has 0 N–H and O–H groups in total. The summed E-state index contributed by atoms with van der Waals surface area (Å²) in [6.07, 6.45) is 0. The van der Waals surface area contributed by atoms with Crippen molar-refractivity contribution in [3.8, 4) is 5.75 Å². The Morgan fingerprint density at radius 1 is 1.39 bits per heavy atom. The summed E-state index contributed by atoms with van der Waals surface area (Å²) in [6.45, 7) is 1.88. The minimum atomic E-state index is -0.475. The Morgan fingerprint density at radius 3 is 2.67 bits per heavy atom. The number of carbonyl (C=O) groups excluding carboxylic acids is 1. The van der Waals surface area contributed by atoms with Crippen LogP contribution in [-0.4, -0.2) is 12.9 Å². The monoisotopic (exact) mass is 328 g/mol. The van der Waals surface area contributed by atoms with Crippen LogP contribution in [0.5, 0.6) is 5.75 Å². The summed E-state index contributed by atoms with van der Waals surface area (Å²) < 4.78 is 19.1. The molecule has 0 fully saturated rings. The van der Waals surface area contributed by atoms with E-state index in [0.29, 0.717) is 11.1 Å². The first-order valence-corrected chi connectivity index (χ1v) is 6.78. The van der Waals surface area contributed by atoms with E-state index in [-0.39, 0.29) is 11.5 Å². The standard InChI is InChI=1S/C13H10BrFO2S/c1-7-9(6-12(14)18-7)13(16)8-3-4-10(15)11(5-8)17-2/h3-6H,1-2H3. The summed E-state index contributed by atoms with van der Waals surface area (Å²) in [6, 6.07) is 5.90. The predicted molar refractivity (Wildman–Crippen MR) is 73.1 cm³/mol. The molecule has 0 spiro atoms. The van der Waals surface area contributed by atoms with Crippen molar-refractivity contribution >= 4 is 33.0 Å². The smallest absolute Gasteiger partial charge is 0.194 e. The number of benzene rings is 1. The highest BCUT2D eigenvalue weighted by molar-refractivity contribution is 9.11. The van der Waals surface area contributed by atoms with Crippen molar-refractivity contribution in [1.82, 2.24) is 0 Å². The number of ether oxygens (including phenoxy) is 1. The molecule has 2 nitrogen and oxygen atoms in total. The van der Waals surface area contributed by atoms with E-state index in [1.165, 1.54) is 36.6 Å². The zero-order valence-electron chi connectivity index (χ0n) is 9.79. The molecule has 0 saturated heterocycles. The van der Waals surface area contributed by atoms with E-state index >= 15 is 0 Å². The van der Waals surface area contributed by atoms with Crippen LogP contribution in [0.15, 0.2) is 28.1 Å². The maximum atomic E-state index is 13.3. The molecule has 2 rings (SSSR count). The van der Waals surface area contributed by atoms with E-state index in [4.69, 9.17) is 4.74 Å². The minimum absolute atomic E-state index is 0.0767. The maximum Gasteiger partial charge on any atom is 0.194 e. The van der Waals surface area contributed by atoms with Gasteiger partial charge in [0.2, 0.25) is 0 Å². The molecule has 1 heterocycles. The van der Waals surface area contributed by atoms with Gasteiger partial charge in [-0.05, 0) is 47.1 Å². The molecule has 0 aliphatic rings. The van der Waals surface area contributed by atoms with E-state index in [0.717, 1.165) is 8.66 Å². The Balaban J connectivity index is 2.43. The number of halogens is 2. The van der Waals surface area contributed by atoms with Crippen molar-refractivity contribution in [1.29, 1.82) is 0 Å². The lowest BCUT2D eigenvalue weighted by Crippen LogP contribution is -2.02. The Morgan fingerprint density at radius 2 is 2.11 bits per heavy atom. The van der Waals surface area contributed by atoms with E-state index in [2.05, 4.69) is 15.9 Å². The van der Waals surface area contributed by atoms with Gasteiger partial charge in [-0.3, -0.25) is 4.79 Å². The van der Waals surface area contributed by atoms with Crippen LogP contribution < -0.4 is 4.74 Å². The highest BCUT2D eigenvalue weighted by Gasteiger charge is 2.16. The molecular formula is C13H10BrFO2S. The molecule has 0 aliphatic heterocycles. The molecule has 18 heavy (non-hydrogen) atoms. The topological polar surface area (TPSA) is 26.3 Å². The van der Waals surface area contributed by atoms with E-state index < -0.39 is 5.82 Å². The van der Waals surface area contributed by atoms with Gasteiger partial charge in [-0.2, -0.15) is 0 Å². The summed E-state index contributed by atoms with van der Waals surface area (Å²) in [5.74, 6) is -0.530. The second-order valence-corrected chi connectivity index (χ2v) is 6.33. The van der Waals surface area contributed by atoms with Gasteiger partial charge in [-0.1, -0.05) is 0 Å². The maximum absolute atomic E-state index is 13.3. The third kappa shape index (κ3) is 2.47. The van der Waals surface area contributed by atoms with Gasteiger partial charge < -0.3 is 4.74 Å². The highest BCUT2D eigenvalue weighted by Crippen LogP contribution is 2.29.